The van der Waals surface area contributed by atoms with Crippen molar-refractivity contribution in [2.75, 3.05) is 19.8 Å². The lowest BCUT2D eigenvalue weighted by atomic mass is 10.1. The second-order valence-corrected chi connectivity index (χ2v) is 5.66. The van der Waals surface area contributed by atoms with E-state index in [0.717, 1.165) is 12.3 Å². The molecule has 0 aromatic heterocycles. The SMILES string of the molecule is CCNC(C)c1ccc(OCCOC(C)(C)C)cc1. The van der Waals surface area contributed by atoms with Gasteiger partial charge in [0.2, 0.25) is 0 Å². The summed E-state index contributed by atoms with van der Waals surface area (Å²) in [4.78, 5) is 0. The van der Waals surface area contributed by atoms with Crippen molar-refractivity contribution in [2.24, 2.45) is 0 Å². The molecule has 0 bridgehead atoms. The van der Waals surface area contributed by atoms with E-state index in [-0.39, 0.29) is 5.60 Å². The molecule has 3 heteroatoms. The standard InChI is InChI=1S/C16H27NO2/c1-6-17-13(2)14-7-9-15(10-8-14)18-11-12-19-16(3,4)5/h7-10,13,17H,6,11-12H2,1-5H3. The van der Waals surface area contributed by atoms with Crippen LogP contribution in [0.1, 0.15) is 46.2 Å². The van der Waals surface area contributed by atoms with E-state index in [4.69, 9.17) is 9.47 Å². The lowest BCUT2D eigenvalue weighted by Crippen LogP contribution is -2.22. The van der Waals surface area contributed by atoms with Crippen LogP contribution in [-0.2, 0) is 4.74 Å². The molecule has 0 aliphatic carbocycles. The molecule has 1 rings (SSSR count). The van der Waals surface area contributed by atoms with Crippen LogP contribution in [0.25, 0.3) is 0 Å². The van der Waals surface area contributed by atoms with Crippen LogP contribution in [0.4, 0.5) is 0 Å². The Bertz CT molecular complexity index is 354. The quantitative estimate of drug-likeness (QED) is 0.765. The largest absolute Gasteiger partial charge is 0.491 e. The topological polar surface area (TPSA) is 30.5 Å². The molecule has 0 saturated heterocycles. The molecule has 0 aliphatic rings. The Morgan fingerprint density at radius 1 is 1.11 bits per heavy atom. The lowest BCUT2D eigenvalue weighted by molar-refractivity contribution is -0.0163. The Kier molecular flexibility index (Phi) is 6.32. The van der Waals surface area contributed by atoms with Crippen molar-refractivity contribution < 1.29 is 9.47 Å². The molecule has 19 heavy (non-hydrogen) atoms. The van der Waals surface area contributed by atoms with E-state index in [1.165, 1.54) is 5.56 Å². The molecular weight excluding hydrogens is 238 g/mol. The van der Waals surface area contributed by atoms with Crippen LogP contribution in [0.5, 0.6) is 5.75 Å². The average molecular weight is 265 g/mol. The van der Waals surface area contributed by atoms with Gasteiger partial charge in [-0.15, -0.1) is 0 Å². The normalized spacial score (nSPS) is 13.3. The Labute approximate surface area is 117 Å². The Hall–Kier alpha value is -1.06. The molecule has 1 unspecified atom stereocenters. The van der Waals surface area contributed by atoms with E-state index in [9.17, 15) is 0 Å². The van der Waals surface area contributed by atoms with E-state index >= 15 is 0 Å². The third kappa shape index (κ3) is 6.60. The highest BCUT2D eigenvalue weighted by Crippen LogP contribution is 2.17. The maximum atomic E-state index is 5.65. The summed E-state index contributed by atoms with van der Waals surface area (Å²) in [5, 5.41) is 3.39. The first-order chi connectivity index (χ1) is 8.92. The van der Waals surface area contributed by atoms with Gasteiger partial charge in [-0.05, 0) is 51.9 Å². The van der Waals surface area contributed by atoms with Crippen molar-refractivity contribution in [3.05, 3.63) is 29.8 Å². The Balaban J connectivity index is 2.36. The van der Waals surface area contributed by atoms with Gasteiger partial charge in [-0.1, -0.05) is 19.1 Å². The number of ether oxygens (including phenoxy) is 2. The third-order valence-electron chi connectivity index (χ3n) is 2.78. The summed E-state index contributed by atoms with van der Waals surface area (Å²) in [6.45, 7) is 12.6. The van der Waals surface area contributed by atoms with Crippen LogP contribution in [0.2, 0.25) is 0 Å². The fourth-order valence-electron chi connectivity index (χ4n) is 1.78. The molecule has 0 aliphatic heterocycles. The van der Waals surface area contributed by atoms with Crippen molar-refractivity contribution in [3.63, 3.8) is 0 Å². The second-order valence-electron chi connectivity index (χ2n) is 5.66. The van der Waals surface area contributed by atoms with Gasteiger partial charge in [0.15, 0.2) is 0 Å². The molecule has 0 spiro atoms. The van der Waals surface area contributed by atoms with Gasteiger partial charge in [-0.3, -0.25) is 0 Å². The third-order valence-corrected chi connectivity index (χ3v) is 2.78. The molecule has 0 fully saturated rings. The second kappa shape index (κ2) is 7.51. The van der Waals surface area contributed by atoms with Gasteiger partial charge in [-0.25, -0.2) is 0 Å². The van der Waals surface area contributed by atoms with Crippen molar-refractivity contribution in [1.82, 2.24) is 5.32 Å². The minimum atomic E-state index is -0.103. The van der Waals surface area contributed by atoms with Crippen LogP contribution in [0, 0.1) is 0 Å². The molecule has 1 aromatic rings. The first kappa shape index (κ1) is 16.0. The summed E-state index contributed by atoms with van der Waals surface area (Å²) >= 11 is 0. The van der Waals surface area contributed by atoms with E-state index in [0.29, 0.717) is 19.3 Å². The fourth-order valence-corrected chi connectivity index (χ4v) is 1.78. The minimum Gasteiger partial charge on any atom is -0.491 e. The molecular formula is C16H27NO2. The number of nitrogens with one attached hydrogen (secondary N) is 1. The van der Waals surface area contributed by atoms with Crippen molar-refractivity contribution >= 4 is 0 Å². The van der Waals surface area contributed by atoms with Gasteiger partial charge in [-0.2, -0.15) is 0 Å². The van der Waals surface area contributed by atoms with Gasteiger partial charge in [0.1, 0.15) is 12.4 Å². The zero-order chi connectivity index (χ0) is 14.3. The van der Waals surface area contributed by atoms with Crippen LogP contribution in [-0.4, -0.2) is 25.4 Å². The van der Waals surface area contributed by atoms with E-state index in [1.54, 1.807) is 0 Å². The molecule has 1 aromatic carbocycles. The van der Waals surface area contributed by atoms with Crippen LogP contribution in [0.15, 0.2) is 24.3 Å². The highest BCUT2D eigenvalue weighted by Gasteiger charge is 2.09. The number of hydrogen-bond acceptors (Lipinski definition) is 3. The molecule has 3 nitrogen and oxygen atoms in total. The van der Waals surface area contributed by atoms with E-state index in [2.05, 4.69) is 31.3 Å². The Morgan fingerprint density at radius 2 is 1.74 bits per heavy atom. The molecule has 1 N–H and O–H groups in total. The maximum absolute atomic E-state index is 5.65. The molecule has 1 atom stereocenters. The summed E-state index contributed by atoms with van der Waals surface area (Å²) < 4.78 is 11.3. The van der Waals surface area contributed by atoms with Crippen LogP contribution >= 0.6 is 0 Å². The first-order valence-electron chi connectivity index (χ1n) is 7.02. The summed E-state index contributed by atoms with van der Waals surface area (Å²) in [6, 6.07) is 8.62. The van der Waals surface area contributed by atoms with Gasteiger partial charge in [0, 0.05) is 6.04 Å². The van der Waals surface area contributed by atoms with Crippen LogP contribution in [0.3, 0.4) is 0 Å². The number of rotatable bonds is 7. The molecule has 0 radical (unpaired) electrons. The molecule has 0 saturated carbocycles. The van der Waals surface area contributed by atoms with E-state index < -0.39 is 0 Å². The fraction of sp³-hybridized carbons (Fsp3) is 0.625. The zero-order valence-electron chi connectivity index (χ0n) is 12.8. The van der Waals surface area contributed by atoms with Crippen LogP contribution < -0.4 is 10.1 Å². The van der Waals surface area contributed by atoms with Crippen molar-refractivity contribution in [1.29, 1.82) is 0 Å². The van der Waals surface area contributed by atoms with Gasteiger partial charge in [0.25, 0.3) is 0 Å². The average Bonchev–Trinajstić information content (AvgIpc) is 2.34. The Morgan fingerprint density at radius 3 is 2.26 bits per heavy atom. The van der Waals surface area contributed by atoms with E-state index in [1.807, 2.05) is 32.9 Å². The molecule has 0 heterocycles. The first-order valence-corrected chi connectivity index (χ1v) is 7.02. The highest BCUT2D eigenvalue weighted by atomic mass is 16.5. The number of benzene rings is 1. The van der Waals surface area contributed by atoms with Gasteiger partial charge in [0.05, 0.1) is 12.2 Å². The number of hydrogen-bond donors (Lipinski definition) is 1. The summed E-state index contributed by atoms with van der Waals surface area (Å²) in [5.41, 5.74) is 1.18. The van der Waals surface area contributed by atoms with Gasteiger partial charge < -0.3 is 14.8 Å². The maximum Gasteiger partial charge on any atom is 0.119 e. The summed E-state index contributed by atoms with van der Waals surface area (Å²) in [7, 11) is 0. The molecule has 0 amide bonds. The molecule has 108 valence electrons. The predicted molar refractivity (Wildman–Crippen MR) is 79.7 cm³/mol. The van der Waals surface area contributed by atoms with Crippen molar-refractivity contribution in [2.45, 2.75) is 46.3 Å². The minimum absolute atomic E-state index is 0.103. The smallest absolute Gasteiger partial charge is 0.119 e. The van der Waals surface area contributed by atoms with Crippen molar-refractivity contribution in [3.8, 4) is 5.75 Å². The zero-order valence-corrected chi connectivity index (χ0v) is 12.8. The predicted octanol–water partition coefficient (Wildman–Crippen LogP) is 3.55. The summed E-state index contributed by atoms with van der Waals surface area (Å²) in [6.07, 6.45) is 0. The monoisotopic (exact) mass is 265 g/mol. The van der Waals surface area contributed by atoms with Gasteiger partial charge >= 0.3 is 0 Å². The highest BCUT2D eigenvalue weighted by molar-refractivity contribution is 5.28. The summed E-state index contributed by atoms with van der Waals surface area (Å²) in [5.74, 6) is 0.893. The lowest BCUT2D eigenvalue weighted by Gasteiger charge is -2.19.